The number of nitrogens with two attached hydrogens (primary N) is 1. The van der Waals surface area contributed by atoms with Gasteiger partial charge < -0.3 is 10.8 Å². The van der Waals surface area contributed by atoms with Crippen LogP contribution in [0.1, 0.15) is 0 Å². The second-order valence-corrected chi connectivity index (χ2v) is 5.55. The Labute approximate surface area is 105 Å². The number of rotatable bonds is 4. The van der Waals surface area contributed by atoms with E-state index in [2.05, 4.69) is 4.72 Å². The molecule has 0 spiro atoms. The summed E-state index contributed by atoms with van der Waals surface area (Å²) in [7, 11) is -3.66. The van der Waals surface area contributed by atoms with Crippen molar-refractivity contribution in [1.82, 2.24) is 4.72 Å². The largest absolute Gasteiger partial charge is 0.507 e. The van der Waals surface area contributed by atoms with E-state index in [1.54, 1.807) is 24.3 Å². The molecular weight excluding hydrogens is 252 g/mol. The molecule has 0 saturated heterocycles. The smallest absolute Gasteiger partial charge is 0.241 e. The van der Waals surface area contributed by atoms with Crippen molar-refractivity contribution in [2.75, 3.05) is 13.1 Å². The van der Waals surface area contributed by atoms with Crippen molar-refractivity contribution in [3.8, 4) is 5.75 Å². The summed E-state index contributed by atoms with van der Waals surface area (Å²) in [6, 6.07) is 9.72. The van der Waals surface area contributed by atoms with Gasteiger partial charge in [0.05, 0.1) is 4.90 Å². The van der Waals surface area contributed by atoms with Gasteiger partial charge >= 0.3 is 0 Å². The number of phenols is 1. The van der Waals surface area contributed by atoms with Crippen molar-refractivity contribution in [1.29, 1.82) is 0 Å². The lowest BCUT2D eigenvalue weighted by molar-refractivity contribution is 0.480. The zero-order valence-electron chi connectivity index (χ0n) is 9.63. The van der Waals surface area contributed by atoms with E-state index < -0.39 is 10.0 Å². The van der Waals surface area contributed by atoms with E-state index in [-0.39, 0.29) is 23.7 Å². The van der Waals surface area contributed by atoms with Crippen LogP contribution in [0.4, 0.5) is 0 Å². The molecule has 0 fully saturated rings. The third-order valence-electron chi connectivity index (χ3n) is 2.57. The molecule has 0 unspecified atom stereocenters. The minimum Gasteiger partial charge on any atom is -0.507 e. The van der Waals surface area contributed by atoms with Gasteiger partial charge in [0.2, 0.25) is 10.0 Å². The quantitative estimate of drug-likeness (QED) is 0.762. The summed E-state index contributed by atoms with van der Waals surface area (Å²) in [5.74, 6) is -0.0544. The first-order valence-electron chi connectivity index (χ1n) is 5.47. The SMILES string of the molecule is NCCNS(=O)(=O)c1cccc2cccc(O)c12. The van der Waals surface area contributed by atoms with E-state index in [1.807, 2.05) is 0 Å². The first kappa shape index (κ1) is 12.8. The highest BCUT2D eigenvalue weighted by atomic mass is 32.2. The summed E-state index contributed by atoms with van der Waals surface area (Å²) in [6.07, 6.45) is 0. The molecule has 2 rings (SSSR count). The predicted octanol–water partition coefficient (Wildman–Crippen LogP) is 0.782. The lowest BCUT2D eigenvalue weighted by Crippen LogP contribution is -2.29. The van der Waals surface area contributed by atoms with Crippen LogP contribution < -0.4 is 10.5 Å². The van der Waals surface area contributed by atoms with Crippen LogP contribution in [0, 0.1) is 0 Å². The first-order chi connectivity index (χ1) is 8.56. The molecule has 18 heavy (non-hydrogen) atoms. The summed E-state index contributed by atoms with van der Waals surface area (Å²) >= 11 is 0. The molecule has 4 N–H and O–H groups in total. The third-order valence-corrected chi connectivity index (χ3v) is 4.07. The van der Waals surface area contributed by atoms with E-state index >= 15 is 0 Å². The standard InChI is InChI=1S/C12H14N2O3S/c13-7-8-14-18(16,17)11-6-2-4-9-3-1-5-10(15)12(9)11/h1-6,14-15H,7-8,13H2. The topological polar surface area (TPSA) is 92.4 Å². The molecule has 0 saturated carbocycles. The first-order valence-corrected chi connectivity index (χ1v) is 6.95. The second-order valence-electron chi connectivity index (χ2n) is 3.82. The molecule has 0 aromatic heterocycles. The number of hydrogen-bond acceptors (Lipinski definition) is 4. The van der Waals surface area contributed by atoms with Crippen molar-refractivity contribution in [2.24, 2.45) is 5.73 Å². The van der Waals surface area contributed by atoms with Gasteiger partial charge in [-0.1, -0.05) is 24.3 Å². The number of sulfonamides is 1. The highest BCUT2D eigenvalue weighted by Gasteiger charge is 2.18. The minimum atomic E-state index is -3.66. The van der Waals surface area contributed by atoms with Crippen LogP contribution in [0.5, 0.6) is 5.75 Å². The van der Waals surface area contributed by atoms with Crippen LogP contribution in [-0.2, 0) is 10.0 Å². The van der Waals surface area contributed by atoms with Crippen molar-refractivity contribution in [2.45, 2.75) is 4.90 Å². The molecule has 2 aromatic rings. The fourth-order valence-corrected chi connectivity index (χ4v) is 3.07. The van der Waals surface area contributed by atoms with Gasteiger partial charge in [-0.05, 0) is 17.5 Å². The maximum Gasteiger partial charge on any atom is 0.241 e. The molecule has 5 nitrogen and oxygen atoms in total. The van der Waals surface area contributed by atoms with Crippen LogP contribution >= 0.6 is 0 Å². The maximum absolute atomic E-state index is 12.1. The average molecular weight is 266 g/mol. The molecule has 0 aliphatic heterocycles. The lowest BCUT2D eigenvalue weighted by Gasteiger charge is -2.09. The van der Waals surface area contributed by atoms with Crippen LogP contribution in [0.25, 0.3) is 10.8 Å². The average Bonchev–Trinajstić information content (AvgIpc) is 2.36. The van der Waals surface area contributed by atoms with Crippen molar-refractivity contribution >= 4 is 20.8 Å². The monoisotopic (exact) mass is 266 g/mol. The van der Waals surface area contributed by atoms with Crippen LogP contribution in [-0.4, -0.2) is 26.6 Å². The Bertz CT molecular complexity index is 663. The summed E-state index contributed by atoms with van der Waals surface area (Å²) in [4.78, 5) is 0.0616. The van der Waals surface area contributed by atoms with Crippen molar-refractivity contribution in [3.05, 3.63) is 36.4 Å². The number of benzene rings is 2. The summed E-state index contributed by atoms with van der Waals surface area (Å²) in [6.45, 7) is 0.377. The molecule has 0 aliphatic rings. The van der Waals surface area contributed by atoms with Gasteiger partial charge in [-0.25, -0.2) is 13.1 Å². The van der Waals surface area contributed by atoms with E-state index in [1.165, 1.54) is 12.1 Å². The van der Waals surface area contributed by atoms with Gasteiger partial charge in [0.1, 0.15) is 5.75 Å². The molecule has 0 radical (unpaired) electrons. The third kappa shape index (κ3) is 2.31. The molecule has 96 valence electrons. The second kappa shape index (κ2) is 4.93. The fourth-order valence-electron chi connectivity index (χ4n) is 1.78. The maximum atomic E-state index is 12.1. The molecule has 2 aromatic carbocycles. The van der Waals surface area contributed by atoms with Crippen molar-refractivity contribution in [3.63, 3.8) is 0 Å². The Morgan fingerprint density at radius 3 is 2.50 bits per heavy atom. The Kier molecular flexibility index (Phi) is 3.51. The van der Waals surface area contributed by atoms with Gasteiger partial charge in [-0.15, -0.1) is 0 Å². The summed E-state index contributed by atoms with van der Waals surface area (Å²) in [5.41, 5.74) is 5.28. The number of phenolic OH excluding ortho intramolecular Hbond substituents is 1. The van der Waals surface area contributed by atoms with Crippen molar-refractivity contribution < 1.29 is 13.5 Å². The summed E-state index contributed by atoms with van der Waals surface area (Å²) < 4.78 is 26.5. The molecule has 0 heterocycles. The molecule has 0 bridgehead atoms. The van der Waals surface area contributed by atoms with Gasteiger partial charge in [0.25, 0.3) is 0 Å². The van der Waals surface area contributed by atoms with Gasteiger partial charge in [0.15, 0.2) is 0 Å². The highest BCUT2D eigenvalue weighted by molar-refractivity contribution is 7.89. The molecule has 6 heteroatoms. The summed E-state index contributed by atoms with van der Waals surface area (Å²) in [5, 5.41) is 10.8. The molecule has 0 amide bonds. The molecule has 0 aliphatic carbocycles. The predicted molar refractivity (Wildman–Crippen MR) is 69.9 cm³/mol. The van der Waals surface area contributed by atoms with Crippen LogP contribution in [0.3, 0.4) is 0 Å². The Balaban J connectivity index is 2.65. The van der Waals surface area contributed by atoms with E-state index in [4.69, 9.17) is 5.73 Å². The van der Waals surface area contributed by atoms with E-state index in [0.29, 0.717) is 10.8 Å². The number of aromatic hydroxyl groups is 1. The minimum absolute atomic E-state index is 0.0544. The highest BCUT2D eigenvalue weighted by Crippen LogP contribution is 2.30. The Morgan fingerprint density at radius 2 is 1.83 bits per heavy atom. The molecular formula is C12H14N2O3S. The van der Waals surface area contributed by atoms with Gasteiger partial charge in [-0.3, -0.25) is 0 Å². The Hall–Kier alpha value is -1.63. The Morgan fingerprint density at radius 1 is 1.17 bits per heavy atom. The van der Waals surface area contributed by atoms with Gasteiger partial charge in [-0.2, -0.15) is 0 Å². The van der Waals surface area contributed by atoms with Crippen LogP contribution in [0.15, 0.2) is 41.3 Å². The molecule has 0 atom stereocenters. The van der Waals surface area contributed by atoms with Gasteiger partial charge in [0, 0.05) is 18.5 Å². The fraction of sp³-hybridized carbons (Fsp3) is 0.167. The number of nitrogens with one attached hydrogen (secondary N) is 1. The lowest BCUT2D eigenvalue weighted by atomic mass is 10.1. The van der Waals surface area contributed by atoms with E-state index in [0.717, 1.165) is 0 Å². The number of fused-ring (bicyclic) bond motifs is 1. The van der Waals surface area contributed by atoms with Crippen LogP contribution in [0.2, 0.25) is 0 Å². The zero-order chi connectivity index (χ0) is 13.2. The zero-order valence-corrected chi connectivity index (χ0v) is 10.4. The normalized spacial score (nSPS) is 11.8. The number of hydrogen-bond donors (Lipinski definition) is 3. The van der Waals surface area contributed by atoms with E-state index in [9.17, 15) is 13.5 Å².